The van der Waals surface area contributed by atoms with Gasteiger partial charge in [-0.05, 0) is 35.9 Å². The average Bonchev–Trinajstić information content (AvgIpc) is 3.24. The summed E-state index contributed by atoms with van der Waals surface area (Å²) < 4.78 is 11.6. The normalized spacial score (nSPS) is 10.5. The lowest BCUT2D eigenvalue weighted by atomic mass is 10.1. The van der Waals surface area contributed by atoms with Gasteiger partial charge in [-0.3, -0.25) is 9.78 Å². The summed E-state index contributed by atoms with van der Waals surface area (Å²) in [7, 11) is 1.56. The van der Waals surface area contributed by atoms with Crippen molar-refractivity contribution in [3.63, 3.8) is 0 Å². The summed E-state index contributed by atoms with van der Waals surface area (Å²) in [6.45, 7) is 0. The van der Waals surface area contributed by atoms with Crippen molar-refractivity contribution in [1.82, 2.24) is 20.5 Å². The molecule has 0 bridgehead atoms. The van der Waals surface area contributed by atoms with Crippen molar-refractivity contribution in [1.29, 1.82) is 0 Å². The summed E-state index contributed by atoms with van der Waals surface area (Å²) in [6.07, 6.45) is 2.06. The maximum Gasteiger partial charge on any atom is 0.269 e. The summed E-state index contributed by atoms with van der Waals surface area (Å²) >= 11 is 0. The van der Waals surface area contributed by atoms with Crippen LogP contribution in [0.1, 0.15) is 21.9 Å². The Morgan fingerprint density at radius 2 is 1.79 bits per heavy atom. The SMILES string of the molecule is CNC(=O)c1cc(Oc2ccc(Cc3nnc(-c4ccccc4)o3)cc2)ccn1. The van der Waals surface area contributed by atoms with Gasteiger partial charge in [0.2, 0.25) is 11.8 Å². The molecule has 29 heavy (non-hydrogen) atoms. The number of hydrogen-bond acceptors (Lipinski definition) is 6. The number of hydrogen-bond donors (Lipinski definition) is 1. The van der Waals surface area contributed by atoms with E-state index >= 15 is 0 Å². The maximum absolute atomic E-state index is 11.7. The van der Waals surface area contributed by atoms with Gasteiger partial charge >= 0.3 is 0 Å². The van der Waals surface area contributed by atoms with Crippen LogP contribution < -0.4 is 10.1 Å². The first-order valence-electron chi connectivity index (χ1n) is 9.04. The third kappa shape index (κ3) is 4.47. The predicted octanol–water partition coefficient (Wildman–Crippen LogP) is 3.87. The molecule has 0 unspecified atom stereocenters. The number of carbonyl (C=O) groups is 1. The molecule has 0 radical (unpaired) electrons. The number of amides is 1. The van der Waals surface area contributed by atoms with Gasteiger partial charge in [0, 0.05) is 24.9 Å². The van der Waals surface area contributed by atoms with Crippen molar-refractivity contribution in [2.75, 3.05) is 7.05 Å². The number of rotatable bonds is 6. The highest BCUT2D eigenvalue weighted by Crippen LogP contribution is 2.23. The van der Waals surface area contributed by atoms with Crippen LogP contribution in [0.3, 0.4) is 0 Å². The number of nitrogens with one attached hydrogen (secondary N) is 1. The first kappa shape index (κ1) is 18.4. The van der Waals surface area contributed by atoms with Gasteiger partial charge in [-0.1, -0.05) is 30.3 Å². The number of carbonyl (C=O) groups excluding carboxylic acids is 1. The summed E-state index contributed by atoms with van der Waals surface area (Å²) in [6, 6.07) is 20.5. The minimum Gasteiger partial charge on any atom is -0.457 e. The summed E-state index contributed by atoms with van der Waals surface area (Å²) in [5, 5.41) is 10.8. The van der Waals surface area contributed by atoms with Crippen molar-refractivity contribution in [2.45, 2.75) is 6.42 Å². The predicted molar refractivity (Wildman–Crippen MR) is 107 cm³/mol. The lowest BCUT2D eigenvalue weighted by molar-refractivity contribution is 0.0958. The van der Waals surface area contributed by atoms with Crippen LogP contribution in [0.4, 0.5) is 0 Å². The van der Waals surface area contributed by atoms with Crippen LogP contribution in [-0.4, -0.2) is 28.1 Å². The third-order valence-corrected chi connectivity index (χ3v) is 4.19. The van der Waals surface area contributed by atoms with Gasteiger partial charge in [0.15, 0.2) is 0 Å². The molecule has 0 aliphatic rings. The zero-order valence-electron chi connectivity index (χ0n) is 15.7. The summed E-state index contributed by atoms with van der Waals surface area (Å²) in [4.78, 5) is 15.7. The van der Waals surface area contributed by atoms with Gasteiger partial charge in [-0.15, -0.1) is 10.2 Å². The van der Waals surface area contributed by atoms with Crippen molar-refractivity contribution in [3.05, 3.63) is 90.1 Å². The van der Waals surface area contributed by atoms with Crippen LogP contribution in [-0.2, 0) is 6.42 Å². The zero-order valence-corrected chi connectivity index (χ0v) is 15.7. The van der Waals surface area contributed by atoms with Crippen LogP contribution in [0.25, 0.3) is 11.5 Å². The van der Waals surface area contributed by atoms with E-state index < -0.39 is 0 Å². The Kier molecular flexibility index (Phi) is 5.29. The number of nitrogens with zero attached hydrogens (tertiary/aromatic N) is 3. The molecule has 2 aromatic heterocycles. The van der Waals surface area contributed by atoms with Gasteiger partial charge in [-0.2, -0.15) is 0 Å². The fourth-order valence-corrected chi connectivity index (χ4v) is 2.74. The molecular formula is C22H18N4O3. The Bertz CT molecular complexity index is 1110. The first-order valence-corrected chi connectivity index (χ1v) is 9.04. The van der Waals surface area contributed by atoms with E-state index in [2.05, 4.69) is 20.5 Å². The Hall–Kier alpha value is -4.00. The van der Waals surface area contributed by atoms with E-state index in [1.807, 2.05) is 54.6 Å². The average molecular weight is 386 g/mol. The summed E-state index contributed by atoms with van der Waals surface area (Å²) in [5.41, 5.74) is 2.21. The van der Waals surface area contributed by atoms with Gasteiger partial charge in [0.1, 0.15) is 17.2 Å². The molecule has 4 rings (SSSR count). The topological polar surface area (TPSA) is 90.1 Å². The fourth-order valence-electron chi connectivity index (χ4n) is 2.74. The smallest absolute Gasteiger partial charge is 0.269 e. The molecule has 0 saturated heterocycles. The van der Waals surface area contributed by atoms with E-state index in [4.69, 9.17) is 9.15 Å². The zero-order chi connectivity index (χ0) is 20.1. The highest BCUT2D eigenvalue weighted by atomic mass is 16.5. The minimum absolute atomic E-state index is 0.264. The van der Waals surface area contributed by atoms with E-state index in [1.54, 1.807) is 19.2 Å². The second kappa shape index (κ2) is 8.35. The van der Waals surface area contributed by atoms with E-state index in [-0.39, 0.29) is 5.91 Å². The first-order chi connectivity index (χ1) is 14.2. The molecule has 0 spiro atoms. The minimum atomic E-state index is -0.264. The highest BCUT2D eigenvalue weighted by molar-refractivity contribution is 5.92. The Morgan fingerprint density at radius 3 is 2.55 bits per heavy atom. The van der Waals surface area contributed by atoms with E-state index in [0.29, 0.717) is 35.4 Å². The molecule has 1 amide bonds. The van der Waals surface area contributed by atoms with Crippen LogP contribution in [0, 0.1) is 0 Å². The monoisotopic (exact) mass is 386 g/mol. The van der Waals surface area contributed by atoms with Crippen molar-refractivity contribution >= 4 is 5.91 Å². The maximum atomic E-state index is 11.7. The fraction of sp³-hybridized carbons (Fsp3) is 0.0909. The lowest BCUT2D eigenvalue weighted by Gasteiger charge is -2.07. The molecule has 0 aliphatic carbocycles. The largest absolute Gasteiger partial charge is 0.457 e. The molecule has 7 heteroatoms. The molecule has 144 valence electrons. The number of benzene rings is 2. The second-order valence-electron chi connectivity index (χ2n) is 6.25. The van der Waals surface area contributed by atoms with Crippen LogP contribution in [0.15, 0.2) is 77.3 Å². The molecule has 2 aromatic carbocycles. The number of pyridine rings is 1. The van der Waals surface area contributed by atoms with E-state index in [0.717, 1.165) is 11.1 Å². The van der Waals surface area contributed by atoms with Crippen LogP contribution in [0.2, 0.25) is 0 Å². The third-order valence-electron chi connectivity index (χ3n) is 4.19. The molecule has 0 aliphatic heterocycles. The van der Waals surface area contributed by atoms with Crippen molar-refractivity contribution in [2.24, 2.45) is 0 Å². The van der Waals surface area contributed by atoms with Gasteiger partial charge in [0.05, 0.1) is 6.42 Å². The number of aromatic nitrogens is 3. The van der Waals surface area contributed by atoms with Gasteiger partial charge in [-0.25, -0.2) is 0 Å². The standard InChI is InChI=1S/C22H18N4O3/c1-23-21(27)19-14-18(11-12-24-19)28-17-9-7-15(8-10-17)13-20-25-26-22(29-20)16-5-3-2-4-6-16/h2-12,14H,13H2,1H3,(H,23,27). The molecule has 0 fully saturated rings. The van der Waals surface area contributed by atoms with Crippen LogP contribution >= 0.6 is 0 Å². The van der Waals surface area contributed by atoms with Crippen molar-refractivity contribution in [3.8, 4) is 23.0 Å². The molecule has 4 aromatic rings. The van der Waals surface area contributed by atoms with E-state index in [9.17, 15) is 4.79 Å². The molecule has 1 N–H and O–H groups in total. The quantitative estimate of drug-likeness (QED) is 0.541. The van der Waals surface area contributed by atoms with E-state index in [1.165, 1.54) is 6.20 Å². The van der Waals surface area contributed by atoms with Gasteiger partial charge in [0.25, 0.3) is 5.91 Å². The molecule has 0 atom stereocenters. The van der Waals surface area contributed by atoms with Gasteiger partial charge < -0.3 is 14.5 Å². The van der Waals surface area contributed by atoms with Crippen LogP contribution in [0.5, 0.6) is 11.5 Å². The molecule has 7 nitrogen and oxygen atoms in total. The van der Waals surface area contributed by atoms with Crippen molar-refractivity contribution < 1.29 is 13.9 Å². The molecule has 0 saturated carbocycles. The second-order valence-corrected chi connectivity index (χ2v) is 6.25. The Balaban J connectivity index is 1.42. The molecule has 2 heterocycles. The Labute approximate surface area is 167 Å². The number of ether oxygens (including phenoxy) is 1. The highest BCUT2D eigenvalue weighted by Gasteiger charge is 2.10. The summed E-state index contributed by atoms with van der Waals surface area (Å²) in [5.74, 6) is 1.97. The Morgan fingerprint density at radius 1 is 1.00 bits per heavy atom. The molecular weight excluding hydrogens is 368 g/mol. The lowest BCUT2D eigenvalue weighted by Crippen LogP contribution is -2.18.